The van der Waals surface area contributed by atoms with Crippen LogP contribution in [0.2, 0.25) is 0 Å². The maximum absolute atomic E-state index is 12.2. The van der Waals surface area contributed by atoms with Gasteiger partial charge in [0.2, 0.25) is 0 Å². The second kappa shape index (κ2) is 8.17. The van der Waals surface area contributed by atoms with Gasteiger partial charge >= 0.3 is 0 Å². The fourth-order valence-electron chi connectivity index (χ4n) is 2.59. The Kier molecular flexibility index (Phi) is 5.49. The summed E-state index contributed by atoms with van der Waals surface area (Å²) in [6.07, 6.45) is 3.41. The number of benzene rings is 3. The summed E-state index contributed by atoms with van der Waals surface area (Å²) in [4.78, 5) is 12.2. The summed E-state index contributed by atoms with van der Waals surface area (Å²) in [6, 6.07) is 23.1. The monoisotopic (exact) mass is 344 g/mol. The first kappa shape index (κ1) is 17.5. The summed E-state index contributed by atoms with van der Waals surface area (Å²) in [5.41, 5.74) is 3.85. The summed E-state index contributed by atoms with van der Waals surface area (Å²) in [5, 5.41) is 0. The van der Waals surface area contributed by atoms with Crippen LogP contribution >= 0.6 is 0 Å². The SMILES string of the molecule is COc1ccc(C(=O)/C=C/c2ccc(-c3ccc(OC)cc3)cc2)cc1. The Morgan fingerprint density at radius 1 is 0.692 bits per heavy atom. The van der Waals surface area contributed by atoms with Gasteiger partial charge in [0, 0.05) is 5.56 Å². The molecule has 3 nitrogen and oxygen atoms in total. The van der Waals surface area contributed by atoms with Gasteiger partial charge in [-0.05, 0) is 59.2 Å². The molecule has 0 aromatic heterocycles. The highest BCUT2D eigenvalue weighted by Gasteiger charge is 2.02. The number of hydrogen-bond donors (Lipinski definition) is 0. The van der Waals surface area contributed by atoms with Crippen LogP contribution in [0.1, 0.15) is 15.9 Å². The van der Waals surface area contributed by atoms with Crippen molar-refractivity contribution in [2.45, 2.75) is 0 Å². The lowest BCUT2D eigenvalue weighted by Gasteiger charge is -2.04. The van der Waals surface area contributed by atoms with Gasteiger partial charge in [0.25, 0.3) is 0 Å². The second-order valence-corrected chi connectivity index (χ2v) is 5.78. The van der Waals surface area contributed by atoms with E-state index < -0.39 is 0 Å². The number of hydrogen-bond acceptors (Lipinski definition) is 3. The summed E-state index contributed by atoms with van der Waals surface area (Å²) in [6.45, 7) is 0. The third-order valence-corrected chi connectivity index (χ3v) is 4.14. The van der Waals surface area contributed by atoms with E-state index in [1.165, 1.54) is 0 Å². The van der Waals surface area contributed by atoms with Gasteiger partial charge < -0.3 is 9.47 Å². The van der Waals surface area contributed by atoms with E-state index in [-0.39, 0.29) is 5.78 Å². The van der Waals surface area contributed by atoms with Crippen LogP contribution in [0, 0.1) is 0 Å². The molecule has 0 saturated carbocycles. The van der Waals surface area contributed by atoms with Crippen LogP contribution < -0.4 is 9.47 Å². The van der Waals surface area contributed by atoms with Gasteiger partial charge in [-0.25, -0.2) is 0 Å². The van der Waals surface area contributed by atoms with Gasteiger partial charge in [-0.1, -0.05) is 42.5 Å². The molecule has 3 aromatic carbocycles. The summed E-state index contributed by atoms with van der Waals surface area (Å²) in [5.74, 6) is 1.54. The van der Waals surface area contributed by atoms with Crippen molar-refractivity contribution in [1.82, 2.24) is 0 Å². The van der Waals surface area contributed by atoms with E-state index in [1.807, 2.05) is 54.6 Å². The first-order valence-corrected chi connectivity index (χ1v) is 8.30. The van der Waals surface area contributed by atoms with E-state index >= 15 is 0 Å². The van der Waals surface area contributed by atoms with Crippen molar-refractivity contribution in [1.29, 1.82) is 0 Å². The molecule has 3 heteroatoms. The minimum atomic E-state index is -0.0353. The number of allylic oxidation sites excluding steroid dienone is 1. The molecule has 0 aliphatic carbocycles. The average Bonchev–Trinajstić information content (AvgIpc) is 2.72. The number of ketones is 1. The molecule has 0 amide bonds. The Hall–Kier alpha value is -3.33. The molecule has 0 unspecified atom stereocenters. The van der Waals surface area contributed by atoms with Crippen LogP contribution in [0.25, 0.3) is 17.2 Å². The Labute approximate surface area is 153 Å². The van der Waals surface area contributed by atoms with Gasteiger partial charge in [-0.2, -0.15) is 0 Å². The molecule has 26 heavy (non-hydrogen) atoms. The zero-order valence-electron chi connectivity index (χ0n) is 14.8. The van der Waals surface area contributed by atoms with Crippen LogP contribution in [0.4, 0.5) is 0 Å². The molecule has 0 fully saturated rings. The maximum atomic E-state index is 12.2. The van der Waals surface area contributed by atoms with Gasteiger partial charge in [-0.15, -0.1) is 0 Å². The second-order valence-electron chi connectivity index (χ2n) is 5.78. The van der Waals surface area contributed by atoms with Crippen LogP contribution in [0.15, 0.2) is 78.9 Å². The van der Waals surface area contributed by atoms with Crippen molar-refractivity contribution in [3.63, 3.8) is 0 Å². The van der Waals surface area contributed by atoms with E-state index in [0.717, 1.165) is 28.2 Å². The number of methoxy groups -OCH3 is 2. The molecule has 3 rings (SSSR count). The zero-order valence-corrected chi connectivity index (χ0v) is 14.8. The fraction of sp³-hybridized carbons (Fsp3) is 0.0870. The highest BCUT2D eigenvalue weighted by atomic mass is 16.5. The maximum Gasteiger partial charge on any atom is 0.185 e. The van der Waals surface area contributed by atoms with Crippen molar-refractivity contribution in [2.24, 2.45) is 0 Å². The minimum absolute atomic E-state index is 0.0353. The molecular formula is C23H20O3. The largest absolute Gasteiger partial charge is 0.497 e. The number of ether oxygens (including phenoxy) is 2. The van der Waals surface area contributed by atoms with E-state index in [9.17, 15) is 4.79 Å². The minimum Gasteiger partial charge on any atom is -0.497 e. The van der Waals surface area contributed by atoms with E-state index in [1.54, 1.807) is 44.6 Å². The molecule has 0 spiro atoms. The highest BCUT2D eigenvalue weighted by Crippen LogP contribution is 2.23. The fourth-order valence-corrected chi connectivity index (χ4v) is 2.59. The first-order chi connectivity index (χ1) is 12.7. The number of carbonyl (C=O) groups is 1. The quantitative estimate of drug-likeness (QED) is 0.451. The molecule has 0 saturated heterocycles. The van der Waals surface area contributed by atoms with Crippen LogP contribution in [0.5, 0.6) is 11.5 Å². The van der Waals surface area contributed by atoms with Crippen molar-refractivity contribution in [2.75, 3.05) is 14.2 Å². The Morgan fingerprint density at radius 3 is 1.65 bits per heavy atom. The molecule has 0 radical (unpaired) electrons. The zero-order chi connectivity index (χ0) is 18.4. The Morgan fingerprint density at radius 2 is 1.15 bits per heavy atom. The first-order valence-electron chi connectivity index (χ1n) is 8.30. The van der Waals surface area contributed by atoms with E-state index in [0.29, 0.717) is 5.56 Å². The lowest BCUT2D eigenvalue weighted by Crippen LogP contribution is -1.94. The smallest absolute Gasteiger partial charge is 0.185 e. The molecule has 0 heterocycles. The third kappa shape index (κ3) is 4.19. The molecule has 130 valence electrons. The van der Waals surface area contributed by atoms with Gasteiger partial charge in [0.15, 0.2) is 5.78 Å². The molecule has 3 aromatic rings. The molecule has 0 aliphatic rings. The highest BCUT2D eigenvalue weighted by molar-refractivity contribution is 6.06. The molecular weight excluding hydrogens is 324 g/mol. The van der Waals surface area contributed by atoms with Crippen LogP contribution in [0.3, 0.4) is 0 Å². The Bertz CT molecular complexity index is 890. The van der Waals surface area contributed by atoms with Gasteiger partial charge in [0.05, 0.1) is 14.2 Å². The molecule has 0 aliphatic heterocycles. The summed E-state index contributed by atoms with van der Waals surface area (Å²) in [7, 11) is 3.26. The van der Waals surface area contributed by atoms with Crippen molar-refractivity contribution < 1.29 is 14.3 Å². The van der Waals surface area contributed by atoms with Crippen LogP contribution in [-0.4, -0.2) is 20.0 Å². The Balaban J connectivity index is 1.69. The van der Waals surface area contributed by atoms with Gasteiger partial charge in [-0.3, -0.25) is 4.79 Å². The van der Waals surface area contributed by atoms with Gasteiger partial charge in [0.1, 0.15) is 11.5 Å². The molecule has 0 N–H and O–H groups in total. The number of carbonyl (C=O) groups excluding carboxylic acids is 1. The third-order valence-electron chi connectivity index (χ3n) is 4.14. The number of rotatable bonds is 6. The van der Waals surface area contributed by atoms with Crippen molar-refractivity contribution in [3.05, 3.63) is 90.0 Å². The summed E-state index contributed by atoms with van der Waals surface area (Å²) < 4.78 is 10.3. The average molecular weight is 344 g/mol. The van der Waals surface area contributed by atoms with E-state index in [4.69, 9.17) is 9.47 Å². The predicted molar refractivity (Wildman–Crippen MR) is 105 cm³/mol. The molecule has 0 atom stereocenters. The van der Waals surface area contributed by atoms with Crippen LogP contribution in [-0.2, 0) is 0 Å². The normalized spacial score (nSPS) is 10.7. The predicted octanol–water partition coefficient (Wildman–Crippen LogP) is 5.27. The lowest BCUT2D eigenvalue weighted by atomic mass is 10.0. The van der Waals surface area contributed by atoms with E-state index in [2.05, 4.69) is 0 Å². The molecule has 0 bridgehead atoms. The lowest BCUT2D eigenvalue weighted by molar-refractivity contribution is 0.104. The summed E-state index contributed by atoms with van der Waals surface area (Å²) >= 11 is 0. The van der Waals surface area contributed by atoms with Crippen molar-refractivity contribution >= 4 is 11.9 Å². The van der Waals surface area contributed by atoms with Crippen molar-refractivity contribution in [3.8, 4) is 22.6 Å². The topological polar surface area (TPSA) is 35.5 Å². The standard InChI is InChI=1S/C23H20O3/c1-25-21-12-8-19(9-13-21)18-6-3-17(4-7-18)5-16-23(24)20-10-14-22(26-2)15-11-20/h3-16H,1-2H3/b16-5+.